The molecule has 0 aromatic heterocycles. The lowest BCUT2D eigenvalue weighted by atomic mass is 9.92. The smallest absolute Gasteiger partial charge is 0.168 e. The Morgan fingerprint density at radius 3 is 2.60 bits per heavy atom. The third kappa shape index (κ3) is 1.59. The van der Waals surface area contributed by atoms with Gasteiger partial charge in [0.2, 0.25) is 0 Å². The molecule has 0 saturated carbocycles. The molecule has 1 aliphatic rings. The highest BCUT2D eigenvalue weighted by molar-refractivity contribution is 7.80. The Morgan fingerprint density at radius 2 is 2.20 bits per heavy atom. The Hall–Kier alpha value is -0.310. The van der Waals surface area contributed by atoms with Crippen molar-refractivity contribution in [1.82, 2.24) is 10.2 Å². The Bertz CT molecular complexity index is 154. The van der Waals surface area contributed by atoms with Crippen LogP contribution in [0, 0.1) is 5.41 Å². The molecule has 10 heavy (non-hydrogen) atoms. The van der Waals surface area contributed by atoms with Crippen molar-refractivity contribution in [3.8, 4) is 0 Å². The number of hydrogen-bond donors (Lipinski definition) is 1. The third-order valence-corrected chi connectivity index (χ3v) is 2.19. The van der Waals surface area contributed by atoms with Gasteiger partial charge in [0, 0.05) is 20.1 Å². The van der Waals surface area contributed by atoms with Crippen LogP contribution in [0.1, 0.15) is 13.8 Å². The molecule has 1 heterocycles. The molecular weight excluding hydrogens is 144 g/mol. The van der Waals surface area contributed by atoms with Crippen LogP contribution in [-0.4, -0.2) is 30.1 Å². The van der Waals surface area contributed by atoms with E-state index < -0.39 is 0 Å². The quantitative estimate of drug-likeness (QED) is 0.526. The first-order valence-electron chi connectivity index (χ1n) is 3.50. The highest BCUT2D eigenvalue weighted by Crippen LogP contribution is 2.18. The molecule has 58 valence electrons. The minimum atomic E-state index is 0.358. The maximum atomic E-state index is 5.05. The SMILES string of the molecule is CN1CC(C)(C)CNC1=S. The normalized spacial score (nSPS) is 24.3. The molecule has 0 unspecified atom stereocenters. The molecule has 0 aromatic carbocycles. The molecule has 3 heteroatoms. The first kappa shape index (κ1) is 7.79. The Morgan fingerprint density at radius 1 is 1.60 bits per heavy atom. The molecular formula is C7H14N2S. The molecule has 0 bridgehead atoms. The summed E-state index contributed by atoms with van der Waals surface area (Å²) in [7, 11) is 2.02. The molecule has 0 aliphatic carbocycles. The number of nitrogens with zero attached hydrogens (tertiary/aromatic N) is 1. The molecule has 0 radical (unpaired) electrons. The second kappa shape index (κ2) is 2.38. The van der Waals surface area contributed by atoms with Crippen LogP contribution in [0.15, 0.2) is 0 Å². The highest BCUT2D eigenvalue weighted by Gasteiger charge is 2.26. The highest BCUT2D eigenvalue weighted by atomic mass is 32.1. The monoisotopic (exact) mass is 158 g/mol. The van der Waals surface area contributed by atoms with E-state index in [0.29, 0.717) is 5.41 Å². The Balaban J connectivity index is 2.57. The maximum absolute atomic E-state index is 5.05. The lowest BCUT2D eigenvalue weighted by Gasteiger charge is -2.38. The summed E-state index contributed by atoms with van der Waals surface area (Å²) < 4.78 is 0. The zero-order valence-corrected chi connectivity index (χ0v) is 7.59. The van der Waals surface area contributed by atoms with Crippen molar-refractivity contribution in [3.05, 3.63) is 0 Å². The van der Waals surface area contributed by atoms with Crippen LogP contribution in [0.5, 0.6) is 0 Å². The first-order valence-corrected chi connectivity index (χ1v) is 3.91. The summed E-state index contributed by atoms with van der Waals surface area (Å²) >= 11 is 5.05. The van der Waals surface area contributed by atoms with Gasteiger partial charge in [0.05, 0.1) is 0 Å². The molecule has 1 aliphatic heterocycles. The number of rotatable bonds is 0. The van der Waals surface area contributed by atoms with Crippen LogP contribution in [0.25, 0.3) is 0 Å². The van der Waals surface area contributed by atoms with Crippen molar-refractivity contribution in [2.24, 2.45) is 5.41 Å². The summed E-state index contributed by atoms with van der Waals surface area (Å²) in [6.07, 6.45) is 0. The van der Waals surface area contributed by atoms with Gasteiger partial charge in [-0.25, -0.2) is 0 Å². The fourth-order valence-corrected chi connectivity index (χ4v) is 1.36. The summed E-state index contributed by atoms with van der Waals surface area (Å²) in [6.45, 7) is 6.52. The largest absolute Gasteiger partial charge is 0.362 e. The van der Waals surface area contributed by atoms with E-state index in [0.717, 1.165) is 18.2 Å². The van der Waals surface area contributed by atoms with Crippen molar-refractivity contribution in [1.29, 1.82) is 0 Å². The van der Waals surface area contributed by atoms with Gasteiger partial charge in [-0.15, -0.1) is 0 Å². The number of hydrogen-bond acceptors (Lipinski definition) is 1. The van der Waals surface area contributed by atoms with E-state index in [4.69, 9.17) is 12.2 Å². The topological polar surface area (TPSA) is 15.3 Å². The van der Waals surface area contributed by atoms with Crippen molar-refractivity contribution in [2.45, 2.75) is 13.8 Å². The van der Waals surface area contributed by atoms with E-state index in [1.807, 2.05) is 7.05 Å². The summed E-state index contributed by atoms with van der Waals surface area (Å²) in [5.74, 6) is 0. The second-order valence-electron chi connectivity index (χ2n) is 3.68. The minimum absolute atomic E-state index is 0.358. The van der Waals surface area contributed by atoms with Crippen LogP contribution < -0.4 is 5.32 Å². The van der Waals surface area contributed by atoms with Gasteiger partial charge in [0.1, 0.15) is 0 Å². The van der Waals surface area contributed by atoms with Crippen molar-refractivity contribution < 1.29 is 0 Å². The molecule has 1 saturated heterocycles. The van der Waals surface area contributed by atoms with Gasteiger partial charge in [0.15, 0.2) is 5.11 Å². The van der Waals surface area contributed by atoms with Crippen LogP contribution in [0.3, 0.4) is 0 Å². The molecule has 0 spiro atoms. The van der Waals surface area contributed by atoms with Crippen molar-refractivity contribution in [2.75, 3.05) is 20.1 Å². The van der Waals surface area contributed by atoms with Gasteiger partial charge >= 0.3 is 0 Å². The standard InChI is InChI=1S/C7H14N2S/c1-7(2)4-8-6(10)9(3)5-7/h4-5H2,1-3H3,(H,8,10). The first-order chi connectivity index (χ1) is 4.51. The van der Waals surface area contributed by atoms with Crippen LogP contribution in [0.4, 0.5) is 0 Å². The molecule has 1 rings (SSSR count). The van der Waals surface area contributed by atoms with E-state index in [9.17, 15) is 0 Å². The lowest BCUT2D eigenvalue weighted by molar-refractivity contribution is 0.244. The van der Waals surface area contributed by atoms with E-state index >= 15 is 0 Å². The van der Waals surface area contributed by atoms with E-state index in [1.165, 1.54) is 0 Å². The fraction of sp³-hybridized carbons (Fsp3) is 0.857. The van der Waals surface area contributed by atoms with Crippen molar-refractivity contribution in [3.63, 3.8) is 0 Å². The maximum Gasteiger partial charge on any atom is 0.168 e. The van der Waals surface area contributed by atoms with Gasteiger partial charge < -0.3 is 10.2 Å². The molecule has 2 nitrogen and oxygen atoms in total. The average molecular weight is 158 g/mol. The Kier molecular flexibility index (Phi) is 1.86. The van der Waals surface area contributed by atoms with Crippen LogP contribution in [0.2, 0.25) is 0 Å². The third-order valence-electron chi connectivity index (χ3n) is 1.73. The molecule has 0 aromatic rings. The zero-order valence-electron chi connectivity index (χ0n) is 6.77. The Labute approximate surface area is 67.6 Å². The fourth-order valence-electron chi connectivity index (χ4n) is 1.22. The summed E-state index contributed by atoms with van der Waals surface area (Å²) in [5.41, 5.74) is 0.358. The van der Waals surface area contributed by atoms with Crippen LogP contribution >= 0.6 is 12.2 Å². The van der Waals surface area contributed by atoms with E-state index in [2.05, 4.69) is 24.1 Å². The zero-order chi connectivity index (χ0) is 7.78. The van der Waals surface area contributed by atoms with E-state index in [-0.39, 0.29) is 0 Å². The van der Waals surface area contributed by atoms with Crippen molar-refractivity contribution >= 4 is 17.3 Å². The predicted octanol–water partition coefficient (Wildman–Crippen LogP) is 0.833. The van der Waals surface area contributed by atoms with Gasteiger partial charge in [-0.2, -0.15) is 0 Å². The summed E-state index contributed by atoms with van der Waals surface area (Å²) in [4.78, 5) is 2.08. The predicted molar refractivity (Wildman–Crippen MR) is 47.0 cm³/mol. The molecule has 0 atom stereocenters. The number of thiocarbonyl (C=S) groups is 1. The average Bonchev–Trinajstić information content (AvgIpc) is 1.79. The van der Waals surface area contributed by atoms with Gasteiger partial charge in [-0.05, 0) is 17.6 Å². The molecule has 1 N–H and O–H groups in total. The van der Waals surface area contributed by atoms with Crippen LogP contribution in [-0.2, 0) is 0 Å². The lowest BCUT2D eigenvalue weighted by Crippen LogP contribution is -2.52. The van der Waals surface area contributed by atoms with E-state index in [1.54, 1.807) is 0 Å². The van der Waals surface area contributed by atoms with Gasteiger partial charge in [-0.1, -0.05) is 13.8 Å². The molecule has 1 fully saturated rings. The summed E-state index contributed by atoms with van der Waals surface area (Å²) in [5, 5.41) is 4.05. The molecule has 0 amide bonds. The van der Waals surface area contributed by atoms with Gasteiger partial charge in [0.25, 0.3) is 0 Å². The number of nitrogens with one attached hydrogen (secondary N) is 1. The summed E-state index contributed by atoms with van der Waals surface area (Å²) in [6, 6.07) is 0. The second-order valence-corrected chi connectivity index (χ2v) is 4.07. The van der Waals surface area contributed by atoms with Gasteiger partial charge in [-0.3, -0.25) is 0 Å². The minimum Gasteiger partial charge on any atom is -0.362 e.